The van der Waals surface area contributed by atoms with Gasteiger partial charge in [0.1, 0.15) is 0 Å². The number of carbonyl (C=O) groups is 1. The monoisotopic (exact) mass is 450 g/mol. The normalized spacial score (nSPS) is 12.2. The maximum absolute atomic E-state index is 12.6. The predicted molar refractivity (Wildman–Crippen MR) is 131 cm³/mol. The van der Waals surface area contributed by atoms with E-state index in [2.05, 4.69) is 24.4 Å². The molecule has 0 fully saturated rings. The summed E-state index contributed by atoms with van der Waals surface area (Å²) in [5.74, 6) is 0.0640. The topological polar surface area (TPSA) is 66.5 Å². The SMILES string of the molecule is Cc1ccc(N(Cc2ccc(C(=O)NCC(C)c3ccccc3)cc2)S(C)(=O)=O)c(C)c1. The van der Waals surface area contributed by atoms with Crippen LogP contribution in [0.3, 0.4) is 0 Å². The summed E-state index contributed by atoms with van der Waals surface area (Å²) in [6, 6.07) is 22.8. The summed E-state index contributed by atoms with van der Waals surface area (Å²) in [7, 11) is -3.47. The Balaban J connectivity index is 1.69. The Morgan fingerprint density at radius 3 is 2.22 bits per heavy atom. The molecule has 0 aliphatic heterocycles. The van der Waals surface area contributed by atoms with E-state index in [0.717, 1.165) is 16.7 Å². The first-order valence-corrected chi connectivity index (χ1v) is 12.5. The van der Waals surface area contributed by atoms with Crippen LogP contribution in [0.25, 0.3) is 0 Å². The van der Waals surface area contributed by atoms with Crippen LogP contribution in [0.5, 0.6) is 0 Å². The molecule has 1 unspecified atom stereocenters. The first-order valence-electron chi connectivity index (χ1n) is 10.6. The van der Waals surface area contributed by atoms with Crippen molar-refractivity contribution in [1.29, 1.82) is 0 Å². The molecule has 0 saturated carbocycles. The van der Waals surface area contributed by atoms with E-state index < -0.39 is 10.0 Å². The van der Waals surface area contributed by atoms with Crippen molar-refractivity contribution >= 4 is 21.6 Å². The number of sulfonamides is 1. The minimum absolute atomic E-state index is 0.145. The highest BCUT2D eigenvalue weighted by atomic mass is 32.2. The lowest BCUT2D eigenvalue weighted by molar-refractivity contribution is 0.0951. The molecule has 32 heavy (non-hydrogen) atoms. The van der Waals surface area contributed by atoms with Gasteiger partial charge in [0.2, 0.25) is 10.0 Å². The average molecular weight is 451 g/mol. The van der Waals surface area contributed by atoms with Gasteiger partial charge >= 0.3 is 0 Å². The van der Waals surface area contributed by atoms with Gasteiger partial charge in [0.15, 0.2) is 0 Å². The van der Waals surface area contributed by atoms with Gasteiger partial charge in [-0.05, 0) is 54.7 Å². The summed E-state index contributed by atoms with van der Waals surface area (Å²) >= 11 is 0. The lowest BCUT2D eigenvalue weighted by atomic mass is 10.0. The maximum Gasteiger partial charge on any atom is 0.251 e. The molecule has 0 bridgehead atoms. The number of nitrogens with zero attached hydrogens (tertiary/aromatic N) is 1. The summed E-state index contributed by atoms with van der Waals surface area (Å²) in [6.07, 6.45) is 1.21. The lowest BCUT2D eigenvalue weighted by Crippen LogP contribution is -2.30. The molecule has 0 spiro atoms. The van der Waals surface area contributed by atoms with Crippen molar-refractivity contribution < 1.29 is 13.2 Å². The lowest BCUT2D eigenvalue weighted by Gasteiger charge is -2.24. The van der Waals surface area contributed by atoms with Crippen molar-refractivity contribution in [2.45, 2.75) is 33.2 Å². The van der Waals surface area contributed by atoms with E-state index in [1.165, 1.54) is 16.1 Å². The van der Waals surface area contributed by atoms with E-state index in [1.54, 1.807) is 24.3 Å². The van der Waals surface area contributed by atoms with E-state index in [-0.39, 0.29) is 18.4 Å². The van der Waals surface area contributed by atoms with Crippen molar-refractivity contribution in [3.8, 4) is 0 Å². The summed E-state index contributed by atoms with van der Waals surface area (Å²) in [6.45, 7) is 6.71. The average Bonchev–Trinajstić information content (AvgIpc) is 2.76. The largest absolute Gasteiger partial charge is 0.351 e. The molecule has 1 atom stereocenters. The minimum Gasteiger partial charge on any atom is -0.351 e. The van der Waals surface area contributed by atoms with Crippen LogP contribution in [0.4, 0.5) is 5.69 Å². The number of hydrogen-bond acceptors (Lipinski definition) is 3. The van der Waals surface area contributed by atoms with E-state index in [4.69, 9.17) is 0 Å². The quantitative estimate of drug-likeness (QED) is 0.536. The van der Waals surface area contributed by atoms with Crippen LogP contribution < -0.4 is 9.62 Å². The second-order valence-electron chi connectivity index (χ2n) is 8.28. The Hall–Kier alpha value is -3.12. The second kappa shape index (κ2) is 10.0. The molecule has 6 heteroatoms. The van der Waals surface area contributed by atoms with Crippen molar-refractivity contribution in [3.05, 3.63) is 101 Å². The Morgan fingerprint density at radius 2 is 1.62 bits per heavy atom. The molecule has 3 aromatic carbocycles. The minimum atomic E-state index is -3.47. The third-order valence-electron chi connectivity index (χ3n) is 5.50. The van der Waals surface area contributed by atoms with Gasteiger partial charge in [-0.2, -0.15) is 0 Å². The Kier molecular flexibility index (Phi) is 7.36. The molecule has 0 radical (unpaired) electrons. The molecule has 0 aliphatic carbocycles. The molecule has 1 N–H and O–H groups in total. The number of amides is 1. The van der Waals surface area contributed by atoms with Crippen molar-refractivity contribution in [1.82, 2.24) is 5.32 Å². The molecular weight excluding hydrogens is 420 g/mol. The number of rotatable bonds is 8. The first kappa shape index (κ1) is 23.5. The third-order valence-corrected chi connectivity index (χ3v) is 6.63. The summed E-state index contributed by atoms with van der Waals surface area (Å²) in [4.78, 5) is 12.6. The molecular formula is C26H30N2O3S. The third kappa shape index (κ3) is 5.98. The highest BCUT2D eigenvalue weighted by Crippen LogP contribution is 2.25. The number of carbonyl (C=O) groups excluding carboxylic acids is 1. The standard InChI is InChI=1S/C26H30N2O3S/c1-19-10-15-25(20(2)16-19)28(32(4,30)31)18-22-11-13-24(14-12-22)26(29)27-17-21(3)23-8-6-5-7-9-23/h5-16,21H,17-18H2,1-4H3,(H,27,29). The molecule has 0 aliphatic rings. The zero-order valence-electron chi connectivity index (χ0n) is 19.0. The number of nitrogens with one attached hydrogen (secondary N) is 1. The highest BCUT2D eigenvalue weighted by molar-refractivity contribution is 7.92. The van der Waals surface area contributed by atoms with Gasteiger partial charge < -0.3 is 5.32 Å². The van der Waals surface area contributed by atoms with Crippen molar-refractivity contribution in [2.75, 3.05) is 17.1 Å². The van der Waals surface area contributed by atoms with Crippen LogP contribution in [-0.2, 0) is 16.6 Å². The number of aryl methyl sites for hydroxylation is 2. The van der Waals surface area contributed by atoms with Crippen LogP contribution in [-0.4, -0.2) is 27.1 Å². The van der Waals surface area contributed by atoms with E-state index in [0.29, 0.717) is 17.8 Å². The fourth-order valence-electron chi connectivity index (χ4n) is 3.64. The Morgan fingerprint density at radius 1 is 0.969 bits per heavy atom. The van der Waals surface area contributed by atoms with Gasteiger partial charge in [0, 0.05) is 12.1 Å². The molecule has 0 saturated heterocycles. The number of anilines is 1. The van der Waals surface area contributed by atoms with Crippen molar-refractivity contribution in [3.63, 3.8) is 0 Å². The van der Waals surface area contributed by atoms with E-state index in [9.17, 15) is 13.2 Å². The molecule has 1 amide bonds. The van der Waals surface area contributed by atoms with Gasteiger partial charge in [-0.3, -0.25) is 9.10 Å². The first-order chi connectivity index (χ1) is 15.1. The van der Waals surface area contributed by atoms with Gasteiger partial charge in [-0.25, -0.2) is 8.42 Å². The van der Waals surface area contributed by atoms with Crippen LogP contribution in [0.15, 0.2) is 72.8 Å². The summed E-state index contributed by atoms with van der Waals surface area (Å²) in [5.41, 5.74) is 5.18. The van der Waals surface area contributed by atoms with Gasteiger partial charge in [0.05, 0.1) is 18.5 Å². The fraction of sp³-hybridized carbons (Fsp3) is 0.269. The molecule has 0 heterocycles. The smallest absolute Gasteiger partial charge is 0.251 e. The van der Waals surface area contributed by atoms with Crippen LogP contribution in [0.1, 0.15) is 45.5 Å². The molecule has 5 nitrogen and oxygen atoms in total. The molecule has 168 valence electrons. The highest BCUT2D eigenvalue weighted by Gasteiger charge is 2.20. The molecule has 3 aromatic rings. The molecule has 0 aromatic heterocycles. The Labute approximate surface area is 191 Å². The van der Waals surface area contributed by atoms with Crippen LogP contribution in [0.2, 0.25) is 0 Å². The maximum atomic E-state index is 12.6. The van der Waals surface area contributed by atoms with Crippen LogP contribution in [0, 0.1) is 13.8 Å². The summed E-state index contributed by atoms with van der Waals surface area (Å²) in [5, 5.41) is 2.98. The van der Waals surface area contributed by atoms with Crippen LogP contribution >= 0.6 is 0 Å². The second-order valence-corrected chi connectivity index (χ2v) is 10.2. The van der Waals surface area contributed by atoms with Gasteiger partial charge in [0.25, 0.3) is 5.91 Å². The van der Waals surface area contributed by atoms with Gasteiger partial charge in [-0.15, -0.1) is 0 Å². The van der Waals surface area contributed by atoms with Gasteiger partial charge in [-0.1, -0.05) is 67.1 Å². The van der Waals surface area contributed by atoms with E-state index >= 15 is 0 Å². The number of hydrogen-bond donors (Lipinski definition) is 1. The summed E-state index contributed by atoms with van der Waals surface area (Å²) < 4.78 is 26.4. The van der Waals surface area contributed by atoms with Crippen molar-refractivity contribution in [2.24, 2.45) is 0 Å². The number of benzene rings is 3. The Bertz CT molecular complexity index is 1170. The van der Waals surface area contributed by atoms with E-state index in [1.807, 2.05) is 50.2 Å². The molecule has 3 rings (SSSR count). The zero-order chi connectivity index (χ0) is 23.3. The predicted octanol–water partition coefficient (Wildman–Crippen LogP) is 4.80. The zero-order valence-corrected chi connectivity index (χ0v) is 19.8. The fourth-order valence-corrected chi connectivity index (χ4v) is 4.59.